The van der Waals surface area contributed by atoms with Crippen LogP contribution in [0.5, 0.6) is 0 Å². The molecule has 0 N–H and O–H groups in total. The molecule has 4 rings (SSSR count). The number of ether oxygens (including phenoxy) is 1. The Bertz CT molecular complexity index is 973. The first kappa shape index (κ1) is 16.5. The fraction of sp³-hybridized carbons (Fsp3) is 0.333. The molecule has 1 amide bonds. The maximum atomic E-state index is 12.7. The fourth-order valence-corrected chi connectivity index (χ4v) is 3.05. The van der Waals surface area contributed by atoms with Gasteiger partial charge in [-0.25, -0.2) is 9.67 Å². The van der Waals surface area contributed by atoms with E-state index in [2.05, 4.69) is 10.1 Å². The summed E-state index contributed by atoms with van der Waals surface area (Å²) in [6.07, 6.45) is 3.27. The second-order valence-electron chi connectivity index (χ2n) is 6.12. The van der Waals surface area contributed by atoms with Gasteiger partial charge in [0.05, 0.1) is 31.4 Å². The number of rotatable bonds is 4. The number of para-hydroxylation sites is 1. The van der Waals surface area contributed by atoms with Crippen LogP contribution < -0.4 is 5.56 Å². The van der Waals surface area contributed by atoms with Crippen molar-refractivity contribution >= 4 is 16.9 Å². The molecule has 1 saturated heterocycles. The number of amides is 1. The third kappa shape index (κ3) is 3.11. The van der Waals surface area contributed by atoms with Crippen LogP contribution in [-0.4, -0.2) is 56.4 Å². The maximum Gasteiger partial charge on any atom is 0.264 e. The van der Waals surface area contributed by atoms with Crippen LogP contribution in [0, 0.1) is 0 Å². The maximum absolute atomic E-state index is 12.7. The summed E-state index contributed by atoms with van der Waals surface area (Å²) in [4.78, 5) is 31.1. The predicted molar refractivity (Wildman–Crippen MR) is 95.1 cm³/mol. The Balaban J connectivity index is 1.55. The standard InChI is InChI=1S/C18H19N5O3/c24-16(21-8-10-26-11-9-21)6-7-22-13-19-17-15(18(22)25)12-20-23(17)14-4-2-1-3-5-14/h1-5,12-13H,6-11H2. The molecule has 8 nitrogen and oxygen atoms in total. The smallest absolute Gasteiger partial charge is 0.264 e. The van der Waals surface area contributed by atoms with Gasteiger partial charge in [-0.05, 0) is 12.1 Å². The third-order valence-corrected chi connectivity index (χ3v) is 4.49. The molecular weight excluding hydrogens is 334 g/mol. The van der Waals surface area contributed by atoms with Crippen LogP contribution in [0.25, 0.3) is 16.7 Å². The first-order valence-electron chi connectivity index (χ1n) is 8.58. The first-order chi connectivity index (χ1) is 12.7. The molecule has 1 fully saturated rings. The number of hydrogen-bond acceptors (Lipinski definition) is 5. The van der Waals surface area contributed by atoms with Crippen molar-refractivity contribution in [2.75, 3.05) is 26.3 Å². The molecule has 1 aromatic carbocycles. The van der Waals surface area contributed by atoms with Crippen LogP contribution in [0.3, 0.4) is 0 Å². The van der Waals surface area contributed by atoms with Crippen molar-refractivity contribution < 1.29 is 9.53 Å². The van der Waals surface area contributed by atoms with Crippen LogP contribution in [0.1, 0.15) is 6.42 Å². The highest BCUT2D eigenvalue weighted by Crippen LogP contribution is 2.13. The Morgan fingerprint density at radius 3 is 2.69 bits per heavy atom. The Morgan fingerprint density at radius 2 is 1.92 bits per heavy atom. The number of aromatic nitrogens is 4. The van der Waals surface area contributed by atoms with Crippen molar-refractivity contribution in [1.29, 1.82) is 0 Å². The van der Waals surface area contributed by atoms with Crippen LogP contribution in [0.15, 0.2) is 47.7 Å². The Labute approximate surface area is 149 Å². The Kier molecular flexibility index (Phi) is 4.49. The second-order valence-corrected chi connectivity index (χ2v) is 6.12. The molecule has 1 aliphatic rings. The average molecular weight is 353 g/mol. The first-order valence-corrected chi connectivity index (χ1v) is 8.58. The van der Waals surface area contributed by atoms with Gasteiger partial charge < -0.3 is 9.64 Å². The number of benzene rings is 1. The van der Waals surface area contributed by atoms with Gasteiger partial charge in [-0.2, -0.15) is 5.10 Å². The van der Waals surface area contributed by atoms with Gasteiger partial charge in [0.25, 0.3) is 5.56 Å². The summed E-state index contributed by atoms with van der Waals surface area (Å²) in [5, 5.41) is 4.73. The zero-order valence-electron chi connectivity index (χ0n) is 14.2. The SMILES string of the molecule is O=C(CCn1cnc2c(cnn2-c2ccccc2)c1=O)N1CCOCC1. The zero-order valence-corrected chi connectivity index (χ0v) is 14.2. The minimum Gasteiger partial charge on any atom is -0.378 e. The molecule has 1 aliphatic heterocycles. The number of aryl methyl sites for hydroxylation is 1. The molecule has 26 heavy (non-hydrogen) atoms. The average Bonchev–Trinajstić information content (AvgIpc) is 3.13. The van der Waals surface area contributed by atoms with E-state index < -0.39 is 0 Å². The molecule has 3 aromatic rings. The highest BCUT2D eigenvalue weighted by Gasteiger charge is 2.17. The van der Waals surface area contributed by atoms with Crippen molar-refractivity contribution in [3.05, 3.63) is 53.2 Å². The summed E-state index contributed by atoms with van der Waals surface area (Å²) in [5.41, 5.74) is 1.17. The van der Waals surface area contributed by atoms with E-state index in [0.29, 0.717) is 43.9 Å². The van der Waals surface area contributed by atoms with Gasteiger partial charge in [0, 0.05) is 26.1 Å². The molecule has 0 bridgehead atoms. The van der Waals surface area contributed by atoms with Crippen LogP contribution in [-0.2, 0) is 16.1 Å². The summed E-state index contributed by atoms with van der Waals surface area (Å²) in [6, 6.07) is 9.53. The van der Waals surface area contributed by atoms with Crippen molar-refractivity contribution in [3.8, 4) is 5.69 Å². The molecule has 0 aliphatic carbocycles. The molecule has 134 valence electrons. The summed E-state index contributed by atoms with van der Waals surface area (Å²) >= 11 is 0. The highest BCUT2D eigenvalue weighted by molar-refractivity contribution is 5.76. The van der Waals surface area contributed by atoms with E-state index >= 15 is 0 Å². The lowest BCUT2D eigenvalue weighted by Gasteiger charge is -2.26. The minimum atomic E-state index is -0.188. The normalized spacial score (nSPS) is 14.7. The number of carbonyl (C=O) groups excluding carboxylic acids is 1. The van der Waals surface area contributed by atoms with Crippen LogP contribution >= 0.6 is 0 Å². The summed E-state index contributed by atoms with van der Waals surface area (Å²) < 4.78 is 8.36. The Hall–Kier alpha value is -3.00. The van der Waals surface area contributed by atoms with E-state index in [1.807, 2.05) is 30.3 Å². The summed E-state index contributed by atoms with van der Waals surface area (Å²) in [7, 11) is 0. The van der Waals surface area contributed by atoms with E-state index in [1.54, 1.807) is 9.58 Å². The molecule has 8 heteroatoms. The second kappa shape index (κ2) is 7.09. The number of hydrogen-bond donors (Lipinski definition) is 0. The molecular formula is C18H19N5O3. The predicted octanol–water partition coefficient (Wildman–Crippen LogP) is 0.831. The molecule has 0 spiro atoms. The van der Waals surface area contributed by atoms with Gasteiger partial charge in [-0.15, -0.1) is 0 Å². The lowest BCUT2D eigenvalue weighted by molar-refractivity contribution is -0.135. The quantitative estimate of drug-likeness (QED) is 0.694. The van der Waals surface area contributed by atoms with Gasteiger partial charge in [0.1, 0.15) is 5.39 Å². The van der Waals surface area contributed by atoms with Crippen molar-refractivity contribution in [2.24, 2.45) is 0 Å². The Morgan fingerprint density at radius 1 is 1.15 bits per heavy atom. The van der Waals surface area contributed by atoms with Crippen molar-refractivity contribution in [2.45, 2.75) is 13.0 Å². The van der Waals surface area contributed by atoms with Gasteiger partial charge in [-0.3, -0.25) is 14.2 Å². The number of fused-ring (bicyclic) bond motifs is 1. The van der Waals surface area contributed by atoms with E-state index in [4.69, 9.17) is 4.74 Å². The topological polar surface area (TPSA) is 82.2 Å². The lowest BCUT2D eigenvalue weighted by atomic mass is 10.3. The summed E-state index contributed by atoms with van der Waals surface area (Å²) in [6.45, 7) is 2.65. The zero-order chi connectivity index (χ0) is 17.9. The van der Waals surface area contributed by atoms with Crippen molar-refractivity contribution in [3.63, 3.8) is 0 Å². The van der Waals surface area contributed by atoms with E-state index in [0.717, 1.165) is 5.69 Å². The third-order valence-electron chi connectivity index (χ3n) is 4.49. The fourth-order valence-electron chi connectivity index (χ4n) is 3.05. The molecule has 3 heterocycles. The molecule has 0 atom stereocenters. The number of carbonyl (C=O) groups is 1. The molecule has 0 radical (unpaired) electrons. The van der Waals surface area contributed by atoms with Gasteiger partial charge in [0.15, 0.2) is 5.65 Å². The monoisotopic (exact) mass is 353 g/mol. The van der Waals surface area contributed by atoms with E-state index in [-0.39, 0.29) is 17.9 Å². The largest absolute Gasteiger partial charge is 0.378 e. The highest BCUT2D eigenvalue weighted by atomic mass is 16.5. The van der Waals surface area contributed by atoms with Crippen LogP contribution in [0.2, 0.25) is 0 Å². The van der Waals surface area contributed by atoms with Crippen molar-refractivity contribution in [1.82, 2.24) is 24.2 Å². The molecule has 2 aromatic heterocycles. The van der Waals surface area contributed by atoms with E-state index in [1.165, 1.54) is 17.1 Å². The van der Waals surface area contributed by atoms with Crippen LogP contribution in [0.4, 0.5) is 0 Å². The molecule has 0 saturated carbocycles. The van der Waals surface area contributed by atoms with Gasteiger partial charge >= 0.3 is 0 Å². The summed E-state index contributed by atoms with van der Waals surface area (Å²) in [5.74, 6) is 0.0280. The number of morpholine rings is 1. The lowest BCUT2D eigenvalue weighted by Crippen LogP contribution is -2.41. The number of nitrogens with zero attached hydrogens (tertiary/aromatic N) is 5. The minimum absolute atomic E-state index is 0.0280. The molecule has 0 unspecified atom stereocenters. The van der Waals surface area contributed by atoms with Gasteiger partial charge in [-0.1, -0.05) is 18.2 Å². The van der Waals surface area contributed by atoms with Gasteiger partial charge in [0.2, 0.25) is 5.91 Å². The van der Waals surface area contributed by atoms with E-state index in [9.17, 15) is 9.59 Å².